The number of aryl methyl sites for hydroxylation is 1. The van der Waals surface area contributed by atoms with Gasteiger partial charge in [0.25, 0.3) is 17.4 Å². The number of hydrogen-bond acceptors (Lipinski definition) is 6. The highest BCUT2D eigenvalue weighted by atomic mass is 32.1. The van der Waals surface area contributed by atoms with E-state index in [0.717, 1.165) is 11.3 Å². The molecule has 11 heteroatoms. The molecule has 4 rings (SSSR count). The average Bonchev–Trinajstić information content (AvgIpc) is 3.31. The van der Waals surface area contributed by atoms with Crippen molar-refractivity contribution in [3.8, 4) is 0 Å². The molecule has 1 saturated heterocycles. The molecule has 0 aromatic carbocycles. The van der Waals surface area contributed by atoms with Crippen LogP contribution in [-0.4, -0.2) is 38.9 Å². The standard InChI is InChI=1S/C16H14N6O4S/c1-22-5-4-18-13(22)16(14(25)20-15(26)21-16)7-19-11(23)9-6-8-2-3-17-12(24)10(8)27-9/h2-6H,7H2,1H3,(H,17,24)(H,19,23)(H2,20,21,25,26). The van der Waals surface area contributed by atoms with Crippen molar-refractivity contribution in [2.45, 2.75) is 5.54 Å². The Hall–Kier alpha value is -3.47. The maximum atomic E-state index is 12.6. The number of hydrogen-bond donors (Lipinski definition) is 4. The van der Waals surface area contributed by atoms with Crippen LogP contribution in [0.5, 0.6) is 0 Å². The first-order chi connectivity index (χ1) is 12.9. The van der Waals surface area contributed by atoms with E-state index in [4.69, 9.17) is 0 Å². The Labute approximate surface area is 155 Å². The molecule has 0 radical (unpaired) electrons. The fraction of sp³-hybridized carbons (Fsp3) is 0.188. The molecule has 1 fully saturated rings. The Morgan fingerprint density at radius 1 is 1.37 bits per heavy atom. The van der Waals surface area contributed by atoms with Gasteiger partial charge in [0.05, 0.1) is 11.4 Å². The molecule has 4 heterocycles. The minimum Gasteiger partial charge on any atom is -0.348 e. The van der Waals surface area contributed by atoms with E-state index in [-0.39, 0.29) is 12.1 Å². The molecule has 1 atom stereocenters. The van der Waals surface area contributed by atoms with Gasteiger partial charge < -0.3 is 20.2 Å². The SMILES string of the molecule is Cn1ccnc1C1(CNC(=O)c2cc3cc[nH]c(=O)c3s2)NC(=O)NC1=O. The first kappa shape index (κ1) is 17.0. The Bertz CT molecular complexity index is 1150. The van der Waals surface area contributed by atoms with Gasteiger partial charge in [-0.3, -0.25) is 19.7 Å². The second kappa shape index (κ2) is 6.06. The Balaban J connectivity index is 1.63. The lowest BCUT2D eigenvalue weighted by Gasteiger charge is -2.25. The van der Waals surface area contributed by atoms with Gasteiger partial charge in [0, 0.05) is 31.0 Å². The number of carbonyl (C=O) groups is 3. The minimum absolute atomic E-state index is 0.196. The zero-order valence-corrected chi connectivity index (χ0v) is 14.8. The van der Waals surface area contributed by atoms with Gasteiger partial charge in [-0.2, -0.15) is 0 Å². The fourth-order valence-corrected chi connectivity index (χ4v) is 3.99. The van der Waals surface area contributed by atoms with Crippen LogP contribution >= 0.6 is 11.3 Å². The van der Waals surface area contributed by atoms with E-state index in [0.29, 0.717) is 20.8 Å². The zero-order chi connectivity index (χ0) is 19.2. The Kier molecular flexibility index (Phi) is 3.81. The number of H-pyrrole nitrogens is 1. The monoisotopic (exact) mass is 386 g/mol. The topological polar surface area (TPSA) is 138 Å². The molecule has 4 N–H and O–H groups in total. The summed E-state index contributed by atoms with van der Waals surface area (Å²) in [4.78, 5) is 55.6. The quantitative estimate of drug-likeness (QED) is 0.460. The number of imidazole rings is 1. The van der Waals surface area contributed by atoms with Gasteiger partial charge in [0.1, 0.15) is 10.5 Å². The summed E-state index contributed by atoms with van der Waals surface area (Å²) in [6, 6.07) is 2.64. The number of carbonyl (C=O) groups excluding carboxylic acids is 3. The Morgan fingerprint density at radius 2 is 2.19 bits per heavy atom. The van der Waals surface area contributed by atoms with Gasteiger partial charge in [-0.25, -0.2) is 9.78 Å². The van der Waals surface area contributed by atoms with Crippen molar-refractivity contribution in [1.29, 1.82) is 0 Å². The number of fused-ring (bicyclic) bond motifs is 1. The Morgan fingerprint density at radius 3 is 2.81 bits per heavy atom. The molecule has 0 saturated carbocycles. The molecule has 1 aliphatic rings. The van der Waals surface area contributed by atoms with Crippen molar-refractivity contribution in [2.24, 2.45) is 7.05 Å². The number of aromatic amines is 1. The van der Waals surface area contributed by atoms with Crippen molar-refractivity contribution in [1.82, 2.24) is 30.5 Å². The highest BCUT2D eigenvalue weighted by molar-refractivity contribution is 7.20. The number of pyridine rings is 1. The van der Waals surface area contributed by atoms with Crippen LogP contribution in [0.3, 0.4) is 0 Å². The van der Waals surface area contributed by atoms with Crippen molar-refractivity contribution >= 4 is 39.3 Å². The molecule has 0 bridgehead atoms. The lowest BCUT2D eigenvalue weighted by Crippen LogP contribution is -2.54. The molecule has 3 aromatic heterocycles. The van der Waals surface area contributed by atoms with Crippen molar-refractivity contribution < 1.29 is 14.4 Å². The van der Waals surface area contributed by atoms with Crippen LogP contribution < -0.4 is 21.5 Å². The summed E-state index contributed by atoms with van der Waals surface area (Å²) in [7, 11) is 1.68. The molecule has 27 heavy (non-hydrogen) atoms. The van der Waals surface area contributed by atoms with Crippen molar-refractivity contribution in [3.63, 3.8) is 0 Å². The van der Waals surface area contributed by atoms with Crippen molar-refractivity contribution in [3.05, 3.63) is 51.8 Å². The van der Waals surface area contributed by atoms with E-state index in [2.05, 4.69) is 25.9 Å². The third-order valence-corrected chi connectivity index (χ3v) is 5.48. The van der Waals surface area contributed by atoms with E-state index in [1.807, 2.05) is 0 Å². The number of nitrogens with one attached hydrogen (secondary N) is 4. The van der Waals surface area contributed by atoms with E-state index in [1.54, 1.807) is 29.9 Å². The highest BCUT2D eigenvalue weighted by Crippen LogP contribution is 2.24. The molecule has 0 aliphatic carbocycles. The minimum atomic E-state index is -1.51. The number of rotatable bonds is 4. The van der Waals surface area contributed by atoms with Crippen LogP contribution in [0, 0.1) is 0 Å². The molecule has 1 aliphatic heterocycles. The molecular weight excluding hydrogens is 372 g/mol. The van der Waals surface area contributed by atoms with Gasteiger partial charge in [0.15, 0.2) is 5.54 Å². The predicted octanol–water partition coefficient (Wildman–Crippen LogP) is -0.212. The van der Waals surface area contributed by atoms with E-state index in [9.17, 15) is 19.2 Å². The molecule has 3 aromatic rings. The third-order valence-electron chi connectivity index (χ3n) is 4.33. The van der Waals surface area contributed by atoms with Crippen LogP contribution in [0.4, 0.5) is 4.79 Å². The van der Waals surface area contributed by atoms with Gasteiger partial charge in [-0.15, -0.1) is 11.3 Å². The predicted molar refractivity (Wildman–Crippen MR) is 96.3 cm³/mol. The first-order valence-electron chi connectivity index (χ1n) is 7.91. The van der Waals surface area contributed by atoms with Gasteiger partial charge in [-0.1, -0.05) is 0 Å². The first-order valence-corrected chi connectivity index (χ1v) is 8.73. The number of nitrogens with zero attached hydrogens (tertiary/aromatic N) is 2. The molecule has 0 spiro atoms. The summed E-state index contributed by atoms with van der Waals surface area (Å²) in [6.07, 6.45) is 4.64. The third kappa shape index (κ3) is 2.68. The van der Waals surface area contributed by atoms with Crippen LogP contribution in [0.25, 0.3) is 10.1 Å². The van der Waals surface area contributed by atoms with Gasteiger partial charge >= 0.3 is 6.03 Å². The molecular formula is C16H14N6O4S. The summed E-state index contributed by atoms with van der Waals surface area (Å²) in [5.74, 6) is -0.771. The summed E-state index contributed by atoms with van der Waals surface area (Å²) in [6.45, 7) is -0.196. The summed E-state index contributed by atoms with van der Waals surface area (Å²) < 4.78 is 2.03. The summed E-state index contributed by atoms with van der Waals surface area (Å²) >= 11 is 1.05. The van der Waals surface area contributed by atoms with E-state index in [1.165, 1.54) is 12.4 Å². The lowest BCUT2D eigenvalue weighted by molar-refractivity contribution is -0.124. The van der Waals surface area contributed by atoms with E-state index >= 15 is 0 Å². The lowest BCUT2D eigenvalue weighted by atomic mass is 9.98. The molecule has 138 valence electrons. The molecule has 10 nitrogen and oxygen atoms in total. The number of imide groups is 1. The summed E-state index contributed by atoms with van der Waals surface area (Å²) in [5, 5.41) is 8.04. The van der Waals surface area contributed by atoms with E-state index < -0.39 is 23.4 Å². The average molecular weight is 386 g/mol. The number of urea groups is 1. The summed E-state index contributed by atoms with van der Waals surface area (Å²) in [5.41, 5.74) is -1.79. The smallest absolute Gasteiger partial charge is 0.322 e. The van der Waals surface area contributed by atoms with Crippen LogP contribution in [0.15, 0.2) is 35.5 Å². The largest absolute Gasteiger partial charge is 0.348 e. The molecule has 1 unspecified atom stereocenters. The maximum Gasteiger partial charge on any atom is 0.322 e. The highest BCUT2D eigenvalue weighted by Gasteiger charge is 2.50. The van der Waals surface area contributed by atoms with Crippen LogP contribution in [0.2, 0.25) is 0 Å². The fourth-order valence-electron chi connectivity index (χ4n) is 3.02. The van der Waals surface area contributed by atoms with Gasteiger partial charge in [-0.05, 0) is 12.1 Å². The van der Waals surface area contributed by atoms with Crippen molar-refractivity contribution in [2.75, 3.05) is 6.54 Å². The zero-order valence-electron chi connectivity index (χ0n) is 14.0. The van der Waals surface area contributed by atoms with Gasteiger partial charge in [0.2, 0.25) is 0 Å². The normalized spacial score (nSPS) is 19.1. The number of thiophene rings is 1. The maximum absolute atomic E-state index is 12.6. The molecule has 4 amide bonds. The van der Waals surface area contributed by atoms with Crippen LogP contribution in [-0.2, 0) is 17.4 Å². The number of aromatic nitrogens is 3. The second-order valence-electron chi connectivity index (χ2n) is 6.06. The van der Waals surface area contributed by atoms with Crippen LogP contribution in [0.1, 0.15) is 15.5 Å². The number of amides is 4. The second-order valence-corrected chi connectivity index (χ2v) is 7.11.